The highest BCUT2D eigenvalue weighted by atomic mass is 16.5. The molecule has 3 rings (SSSR count). The third kappa shape index (κ3) is 3.47. The zero-order chi connectivity index (χ0) is 18.8. The summed E-state index contributed by atoms with van der Waals surface area (Å²) in [6, 6.07) is 11.4. The molecule has 1 heterocycles. The van der Waals surface area contributed by atoms with Crippen molar-refractivity contribution >= 4 is 22.4 Å². The number of anilines is 1. The highest BCUT2D eigenvalue weighted by Crippen LogP contribution is 2.26. The van der Waals surface area contributed by atoms with Crippen LogP contribution in [0.1, 0.15) is 29.2 Å². The third-order valence-corrected chi connectivity index (χ3v) is 4.39. The van der Waals surface area contributed by atoms with Crippen LogP contribution in [0.2, 0.25) is 0 Å². The number of methoxy groups -OCH3 is 1. The van der Waals surface area contributed by atoms with Crippen LogP contribution in [0.4, 0.5) is 5.82 Å². The number of phenols is 1. The summed E-state index contributed by atoms with van der Waals surface area (Å²) in [5.41, 5.74) is 8.79. The van der Waals surface area contributed by atoms with Crippen LogP contribution in [0.5, 0.6) is 11.5 Å². The van der Waals surface area contributed by atoms with E-state index in [1.165, 1.54) is 5.56 Å². The number of pyridine rings is 1. The zero-order valence-corrected chi connectivity index (χ0v) is 15.7. The van der Waals surface area contributed by atoms with Gasteiger partial charge in [0.25, 0.3) is 0 Å². The lowest BCUT2D eigenvalue weighted by atomic mass is 10.0. The lowest BCUT2D eigenvalue weighted by Gasteiger charge is -2.10. The number of rotatable bonds is 4. The van der Waals surface area contributed by atoms with Gasteiger partial charge >= 0.3 is 0 Å². The average molecular weight is 349 g/mol. The number of nitrogens with one attached hydrogen (secondary N) is 1. The number of hydrazone groups is 1. The summed E-state index contributed by atoms with van der Waals surface area (Å²) in [4.78, 5) is 4.69. The Labute approximate surface area is 153 Å². The van der Waals surface area contributed by atoms with Gasteiger partial charge in [-0.25, -0.2) is 4.98 Å². The van der Waals surface area contributed by atoms with Crippen molar-refractivity contribution in [3.05, 3.63) is 58.7 Å². The summed E-state index contributed by atoms with van der Waals surface area (Å²) in [6.45, 7) is 8.06. The molecule has 0 aliphatic heterocycles. The first-order chi connectivity index (χ1) is 12.4. The van der Waals surface area contributed by atoms with Gasteiger partial charge in [-0.05, 0) is 63.1 Å². The van der Waals surface area contributed by atoms with Crippen LogP contribution in [0, 0.1) is 20.8 Å². The maximum absolute atomic E-state index is 10.1. The summed E-state index contributed by atoms with van der Waals surface area (Å²) in [5, 5.41) is 15.7. The van der Waals surface area contributed by atoms with Gasteiger partial charge in [0.1, 0.15) is 17.3 Å². The molecule has 0 unspecified atom stereocenters. The van der Waals surface area contributed by atoms with Crippen LogP contribution < -0.4 is 10.2 Å². The number of hydrogen-bond donors (Lipinski definition) is 2. The standard InChI is InChI=1S/C21H23N3O2/c1-12-8-14(3)21-18(9-12)13(2)10-20(22-21)24-23-15(4)17-7-6-16(26-5)11-19(17)25/h6-11,25H,1-5H3,(H,22,24)/b23-15+. The Morgan fingerprint density at radius 1 is 1.08 bits per heavy atom. The van der Waals surface area contributed by atoms with Gasteiger partial charge in [0, 0.05) is 17.0 Å². The Morgan fingerprint density at radius 3 is 2.54 bits per heavy atom. The Kier molecular flexibility index (Phi) is 4.80. The largest absolute Gasteiger partial charge is 0.507 e. The van der Waals surface area contributed by atoms with Gasteiger partial charge in [-0.2, -0.15) is 5.10 Å². The maximum atomic E-state index is 10.1. The summed E-state index contributed by atoms with van der Waals surface area (Å²) in [7, 11) is 1.56. The number of ether oxygens (including phenoxy) is 1. The fraction of sp³-hybridized carbons (Fsp3) is 0.238. The number of aromatic nitrogens is 1. The van der Waals surface area contributed by atoms with E-state index in [-0.39, 0.29) is 5.75 Å². The summed E-state index contributed by atoms with van der Waals surface area (Å²) in [6.07, 6.45) is 0. The molecule has 0 spiro atoms. The number of hydrogen-bond acceptors (Lipinski definition) is 5. The summed E-state index contributed by atoms with van der Waals surface area (Å²) >= 11 is 0. The molecule has 2 N–H and O–H groups in total. The number of aromatic hydroxyl groups is 1. The molecule has 3 aromatic rings. The quantitative estimate of drug-likeness (QED) is 0.529. The normalized spacial score (nSPS) is 11.7. The average Bonchev–Trinajstić information content (AvgIpc) is 2.60. The van der Waals surface area contributed by atoms with E-state index in [9.17, 15) is 5.11 Å². The van der Waals surface area contributed by atoms with Gasteiger partial charge < -0.3 is 9.84 Å². The Morgan fingerprint density at radius 2 is 1.85 bits per heavy atom. The van der Waals surface area contributed by atoms with Crippen LogP contribution in [-0.4, -0.2) is 22.9 Å². The second-order valence-electron chi connectivity index (χ2n) is 6.49. The van der Waals surface area contributed by atoms with Crippen molar-refractivity contribution < 1.29 is 9.84 Å². The van der Waals surface area contributed by atoms with Gasteiger partial charge in [0.05, 0.1) is 18.3 Å². The van der Waals surface area contributed by atoms with E-state index in [1.807, 2.05) is 13.0 Å². The Hall–Kier alpha value is -3.08. The molecule has 0 atom stereocenters. The van der Waals surface area contributed by atoms with Gasteiger partial charge in [-0.1, -0.05) is 11.6 Å². The molecule has 0 radical (unpaired) electrons. The van der Waals surface area contributed by atoms with Gasteiger partial charge in [0.15, 0.2) is 0 Å². The number of benzene rings is 2. The number of phenolic OH excluding ortho intramolecular Hbond substituents is 1. The molecule has 0 bridgehead atoms. The van der Waals surface area contributed by atoms with Crippen LogP contribution >= 0.6 is 0 Å². The highest BCUT2D eigenvalue weighted by molar-refractivity contribution is 6.01. The van der Waals surface area contributed by atoms with Crippen molar-refractivity contribution in [1.29, 1.82) is 0 Å². The van der Waals surface area contributed by atoms with E-state index in [0.29, 0.717) is 22.8 Å². The number of nitrogens with zero attached hydrogens (tertiary/aromatic N) is 2. The zero-order valence-electron chi connectivity index (χ0n) is 15.7. The number of fused-ring (bicyclic) bond motifs is 1. The van der Waals surface area contributed by atoms with Crippen LogP contribution in [0.3, 0.4) is 0 Å². The molecule has 1 aromatic heterocycles. The van der Waals surface area contributed by atoms with Gasteiger partial charge in [-0.3, -0.25) is 5.43 Å². The summed E-state index contributed by atoms with van der Waals surface area (Å²) < 4.78 is 5.11. The second-order valence-corrected chi connectivity index (χ2v) is 6.49. The molecule has 0 fully saturated rings. The molecule has 0 aliphatic rings. The molecule has 5 heteroatoms. The van der Waals surface area contributed by atoms with Crippen LogP contribution in [-0.2, 0) is 0 Å². The predicted octanol–water partition coefficient (Wildman–Crippen LogP) is 4.71. The number of aryl methyl sites for hydroxylation is 3. The van der Waals surface area contributed by atoms with E-state index in [4.69, 9.17) is 9.72 Å². The summed E-state index contributed by atoms with van der Waals surface area (Å²) in [5.74, 6) is 1.40. The molecule has 0 aliphatic carbocycles. The molecule has 26 heavy (non-hydrogen) atoms. The van der Waals surface area contributed by atoms with Gasteiger partial charge in [-0.15, -0.1) is 0 Å². The molecule has 0 saturated heterocycles. The molecule has 0 amide bonds. The second kappa shape index (κ2) is 7.04. The molecule has 5 nitrogen and oxygen atoms in total. The van der Waals surface area contributed by atoms with Crippen molar-refractivity contribution in [2.24, 2.45) is 5.10 Å². The van der Waals surface area contributed by atoms with Crippen LogP contribution in [0.25, 0.3) is 10.9 Å². The minimum atomic E-state index is 0.126. The first-order valence-electron chi connectivity index (χ1n) is 8.45. The fourth-order valence-electron chi connectivity index (χ4n) is 3.05. The highest BCUT2D eigenvalue weighted by Gasteiger charge is 2.08. The van der Waals surface area contributed by atoms with E-state index in [2.05, 4.69) is 43.4 Å². The molecule has 2 aromatic carbocycles. The van der Waals surface area contributed by atoms with Crippen molar-refractivity contribution in [2.75, 3.05) is 12.5 Å². The minimum absolute atomic E-state index is 0.126. The lowest BCUT2D eigenvalue weighted by molar-refractivity contribution is 0.407. The van der Waals surface area contributed by atoms with E-state index in [0.717, 1.165) is 22.0 Å². The Balaban J connectivity index is 1.92. The van der Waals surface area contributed by atoms with Crippen molar-refractivity contribution in [3.8, 4) is 11.5 Å². The molecular weight excluding hydrogens is 326 g/mol. The maximum Gasteiger partial charge on any atom is 0.147 e. The third-order valence-electron chi connectivity index (χ3n) is 4.39. The first kappa shape index (κ1) is 17.7. The minimum Gasteiger partial charge on any atom is -0.507 e. The topological polar surface area (TPSA) is 66.7 Å². The SMILES string of the molecule is COc1ccc(/C(C)=N/Nc2cc(C)c3cc(C)cc(C)c3n2)c(O)c1. The van der Waals surface area contributed by atoms with Crippen molar-refractivity contribution in [2.45, 2.75) is 27.7 Å². The Bertz CT molecular complexity index is 1010. The van der Waals surface area contributed by atoms with E-state index >= 15 is 0 Å². The molecule has 134 valence electrons. The van der Waals surface area contributed by atoms with Gasteiger partial charge in [0.2, 0.25) is 0 Å². The molecular formula is C21H23N3O2. The lowest BCUT2D eigenvalue weighted by Crippen LogP contribution is -2.02. The van der Waals surface area contributed by atoms with E-state index in [1.54, 1.807) is 25.3 Å². The monoisotopic (exact) mass is 349 g/mol. The molecule has 0 saturated carbocycles. The first-order valence-corrected chi connectivity index (χ1v) is 8.45. The fourth-order valence-corrected chi connectivity index (χ4v) is 3.05. The van der Waals surface area contributed by atoms with Crippen molar-refractivity contribution in [3.63, 3.8) is 0 Å². The van der Waals surface area contributed by atoms with E-state index < -0.39 is 0 Å². The predicted molar refractivity (Wildman–Crippen MR) is 106 cm³/mol. The smallest absolute Gasteiger partial charge is 0.147 e. The van der Waals surface area contributed by atoms with Crippen LogP contribution in [0.15, 0.2) is 41.5 Å². The van der Waals surface area contributed by atoms with Crippen molar-refractivity contribution in [1.82, 2.24) is 4.98 Å².